The van der Waals surface area contributed by atoms with Crippen molar-refractivity contribution in [3.8, 4) is 11.3 Å². The first-order chi connectivity index (χ1) is 15.9. The number of piperidine rings is 1. The van der Waals surface area contributed by atoms with Crippen molar-refractivity contribution < 1.29 is 13.6 Å². The van der Waals surface area contributed by atoms with Crippen LogP contribution in [0.2, 0.25) is 0 Å². The topological polar surface area (TPSA) is 88.8 Å². The molecule has 1 saturated heterocycles. The van der Waals surface area contributed by atoms with Gasteiger partial charge in [-0.2, -0.15) is 0 Å². The molecule has 1 aliphatic heterocycles. The third-order valence-corrected chi connectivity index (χ3v) is 5.75. The lowest BCUT2D eigenvalue weighted by atomic mass is 10.0. The lowest BCUT2D eigenvalue weighted by Gasteiger charge is -2.33. The number of amides is 1. The highest BCUT2D eigenvalue weighted by Crippen LogP contribution is 2.36. The third-order valence-electron chi connectivity index (χ3n) is 5.75. The Morgan fingerprint density at radius 3 is 2.55 bits per heavy atom. The molecule has 1 N–H and O–H groups in total. The molecule has 1 fully saturated rings. The molecule has 0 spiro atoms. The molecule has 4 aromatic heterocycles. The lowest BCUT2D eigenvalue weighted by molar-refractivity contribution is -0.0221. The Balaban J connectivity index is 1.53. The molecule has 0 aliphatic carbocycles. The molecule has 5 heterocycles. The smallest absolute Gasteiger partial charge is 0.256 e. The van der Waals surface area contributed by atoms with Crippen molar-refractivity contribution in [3.05, 3.63) is 60.9 Å². The Morgan fingerprint density at radius 2 is 1.85 bits per heavy atom. The monoisotopic (exact) mass is 449 g/mol. The van der Waals surface area contributed by atoms with Crippen LogP contribution in [0.5, 0.6) is 0 Å². The lowest BCUT2D eigenvalue weighted by Crippen LogP contribution is -2.40. The van der Waals surface area contributed by atoms with Gasteiger partial charge in [0.25, 0.3) is 11.8 Å². The second-order valence-electron chi connectivity index (χ2n) is 8.04. The molecule has 168 valence electrons. The number of nitrogens with one attached hydrogen (secondary N) is 1. The normalized spacial score (nSPS) is 15.5. The summed E-state index contributed by atoms with van der Waals surface area (Å²) in [7, 11) is 1.87. The summed E-state index contributed by atoms with van der Waals surface area (Å²) in [5.74, 6) is -1.94. The zero-order valence-corrected chi connectivity index (χ0v) is 17.9. The molecule has 10 heteroatoms. The van der Waals surface area contributed by atoms with E-state index in [1.54, 1.807) is 49.3 Å². The fourth-order valence-corrected chi connectivity index (χ4v) is 3.92. The summed E-state index contributed by atoms with van der Waals surface area (Å²) in [6, 6.07) is 6.92. The van der Waals surface area contributed by atoms with Crippen LogP contribution in [0.15, 0.2) is 55.4 Å². The number of carbonyl (C=O) groups is 1. The van der Waals surface area contributed by atoms with Gasteiger partial charge >= 0.3 is 0 Å². The van der Waals surface area contributed by atoms with Gasteiger partial charge in [0.15, 0.2) is 0 Å². The highest BCUT2D eigenvalue weighted by atomic mass is 19.3. The molecule has 0 radical (unpaired) electrons. The number of fused-ring (bicyclic) bond motifs is 1. The summed E-state index contributed by atoms with van der Waals surface area (Å²) < 4.78 is 29.4. The minimum atomic E-state index is -2.65. The van der Waals surface area contributed by atoms with Gasteiger partial charge in [0.05, 0.1) is 29.9 Å². The van der Waals surface area contributed by atoms with E-state index in [0.29, 0.717) is 22.7 Å². The van der Waals surface area contributed by atoms with Gasteiger partial charge in [0.1, 0.15) is 11.6 Å². The standard InChI is InChI=1S/C23H21F2N7O/c1-31-14-27-13-19(31)17-10-16-11-20(30-22(33)15-2-6-26-7-3-15)28-12-18(16)29-21(17)32-8-4-23(24,25)5-9-32/h2-3,6-7,10-14H,4-5,8-9H2,1H3,(H,28,30,33). The highest BCUT2D eigenvalue weighted by Gasteiger charge is 2.35. The van der Waals surface area contributed by atoms with Gasteiger partial charge in [-0.1, -0.05) is 0 Å². The van der Waals surface area contributed by atoms with E-state index in [2.05, 4.69) is 20.3 Å². The molecule has 1 aliphatic rings. The van der Waals surface area contributed by atoms with Crippen molar-refractivity contribution in [1.82, 2.24) is 24.5 Å². The maximum atomic E-state index is 13.7. The number of pyridine rings is 3. The number of alkyl halides is 2. The predicted octanol–water partition coefficient (Wildman–Crippen LogP) is 3.91. The van der Waals surface area contributed by atoms with E-state index in [1.807, 2.05) is 22.6 Å². The van der Waals surface area contributed by atoms with E-state index in [9.17, 15) is 13.6 Å². The van der Waals surface area contributed by atoms with Crippen LogP contribution in [0, 0.1) is 0 Å². The van der Waals surface area contributed by atoms with Crippen LogP contribution in [-0.4, -0.2) is 49.4 Å². The molecular formula is C23H21F2N7O. The molecule has 0 aromatic carbocycles. The Morgan fingerprint density at radius 1 is 1.09 bits per heavy atom. The number of halogens is 2. The zero-order valence-electron chi connectivity index (χ0n) is 17.9. The number of imidazole rings is 1. The van der Waals surface area contributed by atoms with E-state index in [-0.39, 0.29) is 31.8 Å². The first-order valence-corrected chi connectivity index (χ1v) is 10.5. The molecule has 0 saturated carbocycles. The van der Waals surface area contributed by atoms with E-state index in [1.165, 1.54) is 0 Å². The van der Waals surface area contributed by atoms with Crippen molar-refractivity contribution in [2.24, 2.45) is 7.05 Å². The molecule has 4 aromatic rings. The Kier molecular flexibility index (Phi) is 5.20. The Bertz CT molecular complexity index is 1310. The summed E-state index contributed by atoms with van der Waals surface area (Å²) in [6.45, 7) is 0.424. The number of anilines is 2. The fourth-order valence-electron chi connectivity index (χ4n) is 3.92. The van der Waals surface area contributed by atoms with Crippen LogP contribution < -0.4 is 10.2 Å². The average molecular weight is 449 g/mol. The number of hydrogen-bond acceptors (Lipinski definition) is 6. The first kappa shape index (κ1) is 20.9. The van der Waals surface area contributed by atoms with Crippen LogP contribution in [-0.2, 0) is 7.05 Å². The molecular weight excluding hydrogens is 428 g/mol. The summed E-state index contributed by atoms with van der Waals surface area (Å²) >= 11 is 0. The van der Waals surface area contributed by atoms with Crippen LogP contribution in [0.3, 0.4) is 0 Å². The molecule has 1 amide bonds. The zero-order chi connectivity index (χ0) is 23.0. The van der Waals surface area contributed by atoms with E-state index in [0.717, 1.165) is 16.6 Å². The van der Waals surface area contributed by atoms with Crippen LogP contribution >= 0.6 is 0 Å². The van der Waals surface area contributed by atoms with E-state index in [4.69, 9.17) is 4.98 Å². The van der Waals surface area contributed by atoms with Gasteiger partial charge in [-0.15, -0.1) is 0 Å². The van der Waals surface area contributed by atoms with Gasteiger partial charge in [-0.25, -0.2) is 23.7 Å². The van der Waals surface area contributed by atoms with E-state index < -0.39 is 5.92 Å². The largest absolute Gasteiger partial charge is 0.356 e. The molecule has 0 atom stereocenters. The summed E-state index contributed by atoms with van der Waals surface area (Å²) in [5.41, 5.74) is 2.68. The second kappa shape index (κ2) is 8.19. The van der Waals surface area contributed by atoms with Gasteiger partial charge in [0, 0.05) is 61.9 Å². The minimum Gasteiger partial charge on any atom is -0.356 e. The van der Waals surface area contributed by atoms with E-state index >= 15 is 0 Å². The number of rotatable bonds is 4. The second-order valence-corrected chi connectivity index (χ2v) is 8.04. The van der Waals surface area contributed by atoms with Crippen LogP contribution in [0.25, 0.3) is 22.2 Å². The minimum absolute atomic E-state index is 0.212. The van der Waals surface area contributed by atoms with Gasteiger partial charge < -0.3 is 14.8 Å². The van der Waals surface area contributed by atoms with Crippen LogP contribution in [0.4, 0.5) is 20.4 Å². The number of aryl methyl sites for hydroxylation is 1. The van der Waals surface area contributed by atoms with Crippen LogP contribution in [0.1, 0.15) is 23.2 Å². The first-order valence-electron chi connectivity index (χ1n) is 10.5. The maximum absolute atomic E-state index is 13.7. The quantitative estimate of drug-likeness (QED) is 0.508. The number of hydrogen-bond donors (Lipinski definition) is 1. The van der Waals surface area contributed by atoms with Crippen molar-refractivity contribution in [1.29, 1.82) is 0 Å². The van der Waals surface area contributed by atoms with Crippen molar-refractivity contribution in [2.45, 2.75) is 18.8 Å². The fraction of sp³-hybridized carbons (Fsp3) is 0.261. The van der Waals surface area contributed by atoms with Crippen molar-refractivity contribution in [3.63, 3.8) is 0 Å². The van der Waals surface area contributed by atoms with Gasteiger partial charge in [-0.05, 0) is 24.3 Å². The molecule has 5 rings (SSSR count). The molecule has 0 bridgehead atoms. The Labute approximate surface area is 188 Å². The number of aromatic nitrogens is 5. The van der Waals surface area contributed by atoms with Gasteiger partial charge in [-0.3, -0.25) is 9.78 Å². The molecule has 33 heavy (non-hydrogen) atoms. The average Bonchev–Trinajstić information content (AvgIpc) is 3.24. The number of carbonyl (C=O) groups excluding carboxylic acids is 1. The number of nitrogens with zero attached hydrogens (tertiary/aromatic N) is 6. The van der Waals surface area contributed by atoms with Crippen molar-refractivity contribution in [2.75, 3.05) is 23.3 Å². The molecule has 0 unspecified atom stereocenters. The molecule has 8 nitrogen and oxygen atoms in total. The third kappa shape index (κ3) is 4.23. The highest BCUT2D eigenvalue weighted by molar-refractivity contribution is 6.04. The Hall–Kier alpha value is -3.95. The predicted molar refractivity (Wildman–Crippen MR) is 120 cm³/mol. The summed E-state index contributed by atoms with van der Waals surface area (Å²) in [5, 5.41) is 3.55. The summed E-state index contributed by atoms with van der Waals surface area (Å²) in [6.07, 6.45) is 7.65. The van der Waals surface area contributed by atoms with Gasteiger partial charge in [0.2, 0.25) is 0 Å². The summed E-state index contributed by atoms with van der Waals surface area (Å²) in [4.78, 5) is 31.6. The maximum Gasteiger partial charge on any atom is 0.256 e. The SMILES string of the molecule is Cn1cncc1-c1cc2cc(NC(=O)c3ccncc3)ncc2nc1N1CCC(F)(F)CC1. The van der Waals surface area contributed by atoms with Crippen molar-refractivity contribution >= 4 is 28.4 Å².